The van der Waals surface area contributed by atoms with Crippen molar-refractivity contribution in [2.75, 3.05) is 0 Å². The van der Waals surface area contributed by atoms with Gasteiger partial charge in [-0.3, -0.25) is 0 Å². The van der Waals surface area contributed by atoms with Crippen LogP contribution in [0.25, 0.3) is 0 Å². The predicted octanol–water partition coefficient (Wildman–Crippen LogP) is 17.9. The zero-order valence-corrected chi connectivity index (χ0v) is 47.6. The van der Waals surface area contributed by atoms with Crippen LogP contribution in [0.1, 0.15) is 0 Å². The Labute approximate surface area is 479 Å². The monoisotopic (exact) mass is 1190 g/mol. The van der Waals surface area contributed by atoms with Gasteiger partial charge in [-0.15, -0.1) is 4.52 Å². The summed E-state index contributed by atoms with van der Waals surface area (Å²) in [7, 11) is -15.9. The summed E-state index contributed by atoms with van der Waals surface area (Å²) >= 11 is 0. The Morgan fingerprint density at radius 1 is 0.268 bits per heavy atom. The van der Waals surface area contributed by atoms with Gasteiger partial charge in [0.2, 0.25) is 0 Å². The summed E-state index contributed by atoms with van der Waals surface area (Å²) in [5.41, 5.74) is 0. The van der Waals surface area contributed by atoms with Crippen molar-refractivity contribution in [2.24, 2.45) is 4.52 Å². The molecule has 1 aliphatic rings. The maximum Gasteiger partial charge on any atom is 0.447 e. The molecule has 0 spiro atoms. The van der Waals surface area contributed by atoms with E-state index >= 15 is 0 Å². The molecule has 22 heteroatoms. The van der Waals surface area contributed by atoms with Gasteiger partial charge in [-0.25, -0.2) is 0 Å². The zero-order chi connectivity index (χ0) is 55.8. The average Bonchev–Trinajstić information content (AvgIpc) is 3.71. The number of phenolic OH excluding ortho intramolecular Hbond substituents is 2. The fraction of sp³-hybridized carbons (Fsp3) is 0. The van der Waals surface area contributed by atoms with Crippen LogP contribution in [0.2, 0.25) is 0 Å². The van der Waals surface area contributed by atoms with Gasteiger partial charge < -0.3 is 56.7 Å². The van der Waals surface area contributed by atoms with Gasteiger partial charge >= 0.3 is 41.5 Å². The van der Waals surface area contributed by atoms with Crippen LogP contribution in [-0.2, 0) is 0 Å². The highest BCUT2D eigenvalue weighted by Crippen LogP contribution is 2.78. The normalized spacial score (nSPS) is 17.6. The summed E-state index contributed by atoms with van der Waals surface area (Å²) in [6.07, 6.45) is 0. The number of para-hydroxylation sites is 8. The molecule has 2 N–H and O–H groups in total. The molecular formula is C60H50N5O12P5. The van der Waals surface area contributed by atoms with Crippen LogP contribution in [0, 0.1) is 0 Å². The maximum absolute atomic E-state index is 10.8. The molecule has 0 saturated heterocycles. The van der Waals surface area contributed by atoms with Gasteiger partial charge in [-0.2, -0.15) is 0 Å². The molecule has 1 heterocycles. The number of nitrogens with zero attached hydrogens (tertiary/aromatic N) is 5. The number of benzene rings is 10. The Hall–Kier alpha value is -8.41. The molecule has 4 atom stereocenters. The van der Waals surface area contributed by atoms with Crippen molar-refractivity contribution in [1.29, 1.82) is 0 Å². The van der Waals surface area contributed by atoms with Crippen molar-refractivity contribution in [3.05, 3.63) is 291 Å². The summed E-state index contributed by atoms with van der Waals surface area (Å²) in [6, 6.07) is 85.0. The minimum absolute atomic E-state index is 0.0421. The van der Waals surface area contributed by atoms with Crippen LogP contribution in [-0.4, -0.2) is 28.6 Å². The second-order valence-electron chi connectivity index (χ2n) is 17.0. The molecule has 1 aliphatic heterocycles. The SMILES string of the molecule is Oc1ccc(OP2(Oc3ccc(O)cc3)=NP(Oc3ccccc3)N(Oc3ccccc3)P(Oc3ccccc3)N(Oc3ccccc3)P(Oc3ccccc3)N(Oc3ccccc3)P(Oc3ccccc3)N2Oc2ccccc2)cc1. The smallest absolute Gasteiger partial charge is 0.447 e. The van der Waals surface area contributed by atoms with E-state index in [1.165, 1.54) is 38.1 Å². The van der Waals surface area contributed by atoms with E-state index in [1.807, 2.05) is 146 Å². The van der Waals surface area contributed by atoms with Crippen molar-refractivity contribution < 1.29 is 56.7 Å². The third-order valence-electron chi connectivity index (χ3n) is 11.0. The van der Waals surface area contributed by atoms with E-state index in [9.17, 15) is 10.2 Å². The molecule has 10 aromatic rings. The molecular weight excluding hydrogens is 1140 g/mol. The Bertz CT molecular complexity index is 3530. The van der Waals surface area contributed by atoms with Crippen molar-refractivity contribution >= 4 is 41.5 Å². The molecule has 82 heavy (non-hydrogen) atoms. The molecule has 17 nitrogen and oxygen atoms in total. The summed E-state index contributed by atoms with van der Waals surface area (Å²) in [4.78, 5) is 29.3. The maximum atomic E-state index is 10.8. The summed E-state index contributed by atoms with van der Waals surface area (Å²) in [5, 5.41) is 21.6. The van der Waals surface area contributed by atoms with Crippen molar-refractivity contribution in [3.8, 4) is 69.0 Å². The van der Waals surface area contributed by atoms with Crippen LogP contribution in [0.3, 0.4) is 0 Å². The summed E-state index contributed by atoms with van der Waals surface area (Å²) in [5.74, 6) is 2.97. The minimum atomic E-state index is -4.75. The lowest BCUT2D eigenvalue weighted by molar-refractivity contribution is 0.0290. The minimum Gasteiger partial charge on any atom is -0.508 e. The van der Waals surface area contributed by atoms with E-state index in [0.717, 1.165) is 0 Å². The third-order valence-corrected chi connectivity index (χ3v) is 21.9. The molecule has 412 valence electrons. The van der Waals surface area contributed by atoms with Crippen molar-refractivity contribution in [2.45, 2.75) is 0 Å². The summed E-state index contributed by atoms with van der Waals surface area (Å²) < 4.78 is 56.2. The lowest BCUT2D eigenvalue weighted by Gasteiger charge is -2.45. The lowest BCUT2D eigenvalue weighted by Crippen LogP contribution is -2.40. The van der Waals surface area contributed by atoms with E-state index in [-0.39, 0.29) is 28.7 Å². The number of aromatic hydroxyl groups is 2. The van der Waals surface area contributed by atoms with Crippen LogP contribution in [0.5, 0.6) is 69.0 Å². The Morgan fingerprint density at radius 3 is 0.890 bits per heavy atom. The van der Waals surface area contributed by atoms with Crippen LogP contribution in [0.4, 0.5) is 0 Å². The molecule has 0 saturated carbocycles. The number of hydrogen-bond acceptors (Lipinski definition) is 17. The molecule has 0 amide bonds. The highest BCUT2D eigenvalue weighted by atomic mass is 31.3. The van der Waals surface area contributed by atoms with Crippen molar-refractivity contribution in [1.82, 2.24) is 18.4 Å². The fourth-order valence-electron chi connectivity index (χ4n) is 7.23. The lowest BCUT2D eigenvalue weighted by atomic mass is 10.3. The fourth-order valence-corrected chi connectivity index (χ4v) is 19.3. The zero-order valence-electron chi connectivity index (χ0n) is 43.2. The van der Waals surface area contributed by atoms with E-state index < -0.39 is 41.5 Å². The van der Waals surface area contributed by atoms with Gasteiger partial charge in [0.1, 0.15) is 69.0 Å². The van der Waals surface area contributed by atoms with Crippen molar-refractivity contribution in [3.63, 3.8) is 0 Å². The molecule has 11 rings (SSSR count). The van der Waals surface area contributed by atoms with Gasteiger partial charge in [0, 0.05) is 18.4 Å². The molecule has 0 radical (unpaired) electrons. The highest BCUT2D eigenvalue weighted by molar-refractivity contribution is 7.78. The first kappa shape index (κ1) is 55.5. The van der Waals surface area contributed by atoms with E-state index in [1.54, 1.807) is 126 Å². The molecule has 0 aromatic heterocycles. The molecule has 4 unspecified atom stereocenters. The van der Waals surface area contributed by atoms with Gasteiger partial charge in [0.25, 0.3) is 0 Å². The summed E-state index contributed by atoms with van der Waals surface area (Å²) in [6.45, 7) is 0. The Kier molecular flexibility index (Phi) is 18.5. The molecule has 0 bridgehead atoms. The predicted molar refractivity (Wildman–Crippen MR) is 318 cm³/mol. The Balaban J connectivity index is 1.32. The number of hydrogen-bond donors (Lipinski definition) is 2. The quantitative estimate of drug-likeness (QED) is 0.0694. The largest absolute Gasteiger partial charge is 0.508 e. The first-order chi connectivity index (χ1) is 40.4. The van der Waals surface area contributed by atoms with E-state index in [0.29, 0.717) is 40.2 Å². The van der Waals surface area contributed by atoms with Crippen LogP contribution >= 0.6 is 41.5 Å². The first-order valence-corrected chi connectivity index (χ1v) is 31.4. The highest BCUT2D eigenvalue weighted by Gasteiger charge is 2.60. The number of rotatable bonds is 20. The van der Waals surface area contributed by atoms with E-state index in [2.05, 4.69) is 0 Å². The Morgan fingerprint density at radius 2 is 0.537 bits per heavy atom. The first-order valence-electron chi connectivity index (χ1n) is 25.2. The van der Waals surface area contributed by atoms with Gasteiger partial charge in [-0.1, -0.05) is 146 Å². The van der Waals surface area contributed by atoms with Crippen LogP contribution < -0.4 is 46.5 Å². The van der Waals surface area contributed by atoms with E-state index in [4.69, 9.17) is 51.0 Å². The third kappa shape index (κ3) is 14.5. The second kappa shape index (κ2) is 27.4. The standard InChI is InChI=1S/C60H50N5O12P5/c66-49-41-45-59(46-42-49)76-82(77-60-47-43-50(67)44-48-60)61-78(72-55-33-17-5-18-34-55)62(68-51-25-9-1-10-26-51)79(73-56-35-19-6-20-36-56)63(69-52-27-11-2-12-28-52)80(74-57-37-21-7-22-38-57)64(70-53-29-13-3-14-30-53)81(75-58-39-23-8-24-40-58)65(82)71-54-31-15-4-16-32-54/h1-48,66-67H. The van der Waals surface area contributed by atoms with Crippen LogP contribution in [0.15, 0.2) is 296 Å². The van der Waals surface area contributed by atoms with Gasteiger partial charge in [-0.05, 0) is 146 Å². The average molecular weight is 1190 g/mol. The number of phenols is 2. The molecule has 0 aliphatic carbocycles. The molecule has 0 fully saturated rings. The molecule has 10 aromatic carbocycles. The van der Waals surface area contributed by atoms with Gasteiger partial charge in [0.15, 0.2) is 0 Å². The topological polar surface area (TPSA) is 158 Å². The van der Waals surface area contributed by atoms with Gasteiger partial charge in [0.05, 0.1) is 0 Å². The second-order valence-corrected chi connectivity index (χ2v) is 26.0.